The van der Waals surface area contributed by atoms with Crippen LogP contribution in [0.15, 0.2) is 23.4 Å². The number of nitrogens with one attached hydrogen (secondary N) is 1. The molecule has 8 heteroatoms. The summed E-state index contributed by atoms with van der Waals surface area (Å²) in [5.41, 5.74) is 2.58. The van der Waals surface area contributed by atoms with Gasteiger partial charge in [0.15, 0.2) is 5.13 Å². The molecule has 0 fully saturated rings. The number of amides is 1. The third-order valence-electron chi connectivity index (χ3n) is 2.26. The highest BCUT2D eigenvalue weighted by molar-refractivity contribution is 7.12. The predicted octanol–water partition coefficient (Wildman–Crippen LogP) is 2.52. The summed E-state index contributed by atoms with van der Waals surface area (Å²) < 4.78 is 14.2. The standard InChI is InChI=1S/C11H10ClFN4OS/c1-2-17-10(8(12)6-15-17)11(18)16-14-5-7-3-4-9(13)19-7/h3-6H,2H2,1H3,(H,16,18)/b14-5-. The Morgan fingerprint density at radius 1 is 1.68 bits per heavy atom. The summed E-state index contributed by atoms with van der Waals surface area (Å²) in [6, 6.07) is 2.90. The number of carbonyl (C=O) groups excluding carboxylic acids is 1. The molecule has 1 amide bonds. The molecule has 0 spiro atoms. The first-order valence-electron chi connectivity index (χ1n) is 5.42. The summed E-state index contributed by atoms with van der Waals surface area (Å²) in [5.74, 6) is -0.461. The maximum absolute atomic E-state index is 12.7. The number of carbonyl (C=O) groups is 1. The van der Waals surface area contributed by atoms with Crippen molar-refractivity contribution in [2.75, 3.05) is 0 Å². The quantitative estimate of drug-likeness (QED) is 0.697. The van der Waals surface area contributed by atoms with Crippen LogP contribution in [0.4, 0.5) is 4.39 Å². The van der Waals surface area contributed by atoms with Crippen LogP contribution in [0.25, 0.3) is 0 Å². The lowest BCUT2D eigenvalue weighted by Crippen LogP contribution is -2.22. The first-order valence-corrected chi connectivity index (χ1v) is 6.61. The Labute approximate surface area is 117 Å². The average molecular weight is 301 g/mol. The van der Waals surface area contributed by atoms with Crippen molar-refractivity contribution in [3.05, 3.63) is 39.1 Å². The Morgan fingerprint density at radius 3 is 3.11 bits per heavy atom. The minimum atomic E-state index is -0.461. The highest BCUT2D eigenvalue weighted by Crippen LogP contribution is 2.15. The van der Waals surface area contributed by atoms with Crippen LogP contribution in [0.1, 0.15) is 22.3 Å². The third kappa shape index (κ3) is 3.18. The van der Waals surface area contributed by atoms with E-state index < -0.39 is 5.91 Å². The summed E-state index contributed by atoms with van der Waals surface area (Å²) in [4.78, 5) is 12.5. The molecule has 0 atom stereocenters. The molecule has 2 aromatic heterocycles. The largest absolute Gasteiger partial charge is 0.291 e. The summed E-state index contributed by atoms with van der Waals surface area (Å²) in [6.45, 7) is 2.37. The number of aromatic nitrogens is 2. The molecule has 0 aromatic carbocycles. The molecule has 0 aliphatic heterocycles. The summed E-state index contributed by atoms with van der Waals surface area (Å²) in [7, 11) is 0. The molecule has 2 heterocycles. The van der Waals surface area contributed by atoms with Crippen molar-refractivity contribution in [1.82, 2.24) is 15.2 Å². The predicted molar refractivity (Wildman–Crippen MR) is 72.2 cm³/mol. The van der Waals surface area contributed by atoms with E-state index in [-0.39, 0.29) is 15.8 Å². The minimum Gasteiger partial charge on any atom is -0.266 e. The molecule has 1 N–H and O–H groups in total. The number of aryl methyl sites for hydroxylation is 1. The Kier molecular flexibility index (Phi) is 4.28. The van der Waals surface area contributed by atoms with Gasteiger partial charge in [-0.3, -0.25) is 9.48 Å². The molecular formula is C11H10ClFN4OS. The fourth-order valence-corrected chi connectivity index (χ4v) is 2.26. The molecule has 19 heavy (non-hydrogen) atoms. The van der Waals surface area contributed by atoms with Gasteiger partial charge in [0.2, 0.25) is 0 Å². The molecule has 2 aromatic rings. The van der Waals surface area contributed by atoms with E-state index in [0.29, 0.717) is 11.4 Å². The summed E-state index contributed by atoms with van der Waals surface area (Å²) >= 11 is 6.81. The van der Waals surface area contributed by atoms with Crippen LogP contribution in [0.2, 0.25) is 5.02 Å². The average Bonchev–Trinajstić information content (AvgIpc) is 2.95. The van der Waals surface area contributed by atoms with Crippen molar-refractivity contribution in [2.24, 2.45) is 5.10 Å². The van der Waals surface area contributed by atoms with Crippen molar-refractivity contribution >= 4 is 35.1 Å². The van der Waals surface area contributed by atoms with Gasteiger partial charge in [-0.1, -0.05) is 11.6 Å². The second-order valence-electron chi connectivity index (χ2n) is 3.50. The molecular weight excluding hydrogens is 291 g/mol. The van der Waals surface area contributed by atoms with Crippen LogP contribution in [-0.2, 0) is 6.54 Å². The van der Waals surface area contributed by atoms with Gasteiger partial charge in [-0.05, 0) is 19.1 Å². The van der Waals surface area contributed by atoms with Crippen molar-refractivity contribution in [3.63, 3.8) is 0 Å². The second-order valence-corrected chi connectivity index (χ2v) is 4.97. The van der Waals surface area contributed by atoms with E-state index in [1.807, 2.05) is 6.92 Å². The molecule has 0 bridgehead atoms. The molecule has 0 aliphatic rings. The number of halogens is 2. The van der Waals surface area contributed by atoms with Gasteiger partial charge in [-0.25, -0.2) is 5.43 Å². The van der Waals surface area contributed by atoms with Crippen LogP contribution in [0, 0.1) is 5.13 Å². The number of rotatable bonds is 4. The van der Waals surface area contributed by atoms with E-state index in [4.69, 9.17) is 11.6 Å². The van der Waals surface area contributed by atoms with Crippen LogP contribution in [0.3, 0.4) is 0 Å². The van der Waals surface area contributed by atoms with Gasteiger partial charge < -0.3 is 0 Å². The molecule has 5 nitrogen and oxygen atoms in total. The highest BCUT2D eigenvalue weighted by Gasteiger charge is 2.15. The van der Waals surface area contributed by atoms with Crippen LogP contribution in [0.5, 0.6) is 0 Å². The maximum Gasteiger partial charge on any atom is 0.291 e. The van der Waals surface area contributed by atoms with Gasteiger partial charge in [0.25, 0.3) is 5.91 Å². The number of hydrogen-bond donors (Lipinski definition) is 1. The van der Waals surface area contributed by atoms with E-state index in [0.717, 1.165) is 11.3 Å². The smallest absolute Gasteiger partial charge is 0.266 e. The van der Waals surface area contributed by atoms with Crippen molar-refractivity contribution < 1.29 is 9.18 Å². The van der Waals surface area contributed by atoms with Crippen molar-refractivity contribution in [2.45, 2.75) is 13.5 Å². The topological polar surface area (TPSA) is 59.3 Å². The molecule has 0 saturated carbocycles. The third-order valence-corrected chi connectivity index (χ3v) is 3.35. The number of thiophene rings is 1. The fourth-order valence-electron chi connectivity index (χ4n) is 1.43. The molecule has 0 saturated heterocycles. The van der Waals surface area contributed by atoms with Crippen LogP contribution in [-0.4, -0.2) is 21.9 Å². The van der Waals surface area contributed by atoms with Gasteiger partial charge >= 0.3 is 0 Å². The van der Waals surface area contributed by atoms with Crippen molar-refractivity contribution in [1.29, 1.82) is 0 Å². The van der Waals surface area contributed by atoms with Crippen molar-refractivity contribution in [3.8, 4) is 0 Å². The number of hydrazone groups is 1. The molecule has 2 rings (SSSR count). The molecule has 0 unspecified atom stereocenters. The minimum absolute atomic E-state index is 0.249. The SMILES string of the molecule is CCn1ncc(Cl)c1C(=O)N/N=C\c1ccc(F)s1. The number of hydrogen-bond acceptors (Lipinski definition) is 4. The lowest BCUT2D eigenvalue weighted by atomic mass is 10.4. The normalized spacial score (nSPS) is 11.1. The Hall–Kier alpha value is -1.73. The molecule has 100 valence electrons. The Bertz CT molecular complexity index is 622. The van der Waals surface area contributed by atoms with Gasteiger partial charge in [0, 0.05) is 6.54 Å². The second kappa shape index (κ2) is 5.94. The summed E-state index contributed by atoms with van der Waals surface area (Å²) in [6.07, 6.45) is 2.77. The first-order chi connectivity index (χ1) is 9.11. The van der Waals surface area contributed by atoms with E-state index in [1.54, 1.807) is 6.07 Å². The zero-order valence-electron chi connectivity index (χ0n) is 9.93. The van der Waals surface area contributed by atoms with E-state index in [9.17, 15) is 9.18 Å². The summed E-state index contributed by atoms with van der Waals surface area (Å²) in [5, 5.41) is 7.65. The highest BCUT2D eigenvalue weighted by atomic mass is 35.5. The maximum atomic E-state index is 12.7. The number of nitrogens with zero attached hydrogens (tertiary/aromatic N) is 3. The van der Waals surface area contributed by atoms with Gasteiger partial charge in [0.1, 0.15) is 5.69 Å². The Balaban J connectivity index is 2.05. The van der Waals surface area contributed by atoms with E-state index in [1.165, 1.54) is 23.2 Å². The van der Waals surface area contributed by atoms with Gasteiger partial charge in [-0.15, -0.1) is 11.3 Å². The monoisotopic (exact) mass is 300 g/mol. The molecule has 0 radical (unpaired) electrons. The zero-order valence-corrected chi connectivity index (χ0v) is 11.5. The Morgan fingerprint density at radius 2 is 2.47 bits per heavy atom. The van der Waals surface area contributed by atoms with Gasteiger partial charge in [0.05, 0.1) is 22.3 Å². The lowest BCUT2D eigenvalue weighted by Gasteiger charge is -2.03. The van der Waals surface area contributed by atoms with Gasteiger partial charge in [-0.2, -0.15) is 14.6 Å². The molecule has 0 aliphatic carbocycles. The zero-order chi connectivity index (χ0) is 13.8. The first kappa shape index (κ1) is 13.7. The van der Waals surface area contributed by atoms with Crippen LogP contribution < -0.4 is 5.43 Å². The lowest BCUT2D eigenvalue weighted by molar-refractivity contribution is 0.0944. The van der Waals surface area contributed by atoms with Crippen LogP contribution >= 0.6 is 22.9 Å². The fraction of sp³-hybridized carbons (Fsp3) is 0.182. The van der Waals surface area contributed by atoms with E-state index in [2.05, 4.69) is 15.6 Å². The van der Waals surface area contributed by atoms with E-state index >= 15 is 0 Å².